The van der Waals surface area contributed by atoms with Crippen LogP contribution in [0.25, 0.3) is 0 Å². The molecule has 0 aromatic carbocycles. The molecule has 1 saturated carbocycles. The minimum Gasteiger partial charge on any atom is -0.313 e. The van der Waals surface area contributed by atoms with Crippen LogP contribution in [-0.4, -0.2) is 12.6 Å². The van der Waals surface area contributed by atoms with Crippen molar-refractivity contribution in [3.63, 3.8) is 0 Å². The van der Waals surface area contributed by atoms with E-state index < -0.39 is 0 Å². The lowest BCUT2D eigenvalue weighted by atomic mass is 9.77. The molecule has 0 amide bonds. The van der Waals surface area contributed by atoms with Crippen molar-refractivity contribution in [2.45, 2.75) is 72.3 Å². The Balaban J connectivity index is 2.42. The summed E-state index contributed by atoms with van der Waals surface area (Å²) in [5.41, 5.74) is 0.245. The summed E-state index contributed by atoms with van der Waals surface area (Å²) in [6.07, 6.45) is 7.16. The summed E-state index contributed by atoms with van der Waals surface area (Å²) in [5.74, 6) is 1.62. The predicted octanol–water partition coefficient (Wildman–Crippen LogP) is 4.12. The van der Waals surface area contributed by atoms with Crippen LogP contribution in [0.1, 0.15) is 66.2 Å². The SMILES string of the molecule is CC(C)C1CCCCC1NCC(C)(C)CCC#N. The average molecular weight is 250 g/mol. The van der Waals surface area contributed by atoms with Crippen LogP contribution in [0.3, 0.4) is 0 Å². The molecule has 104 valence electrons. The van der Waals surface area contributed by atoms with Gasteiger partial charge in [-0.1, -0.05) is 40.5 Å². The summed E-state index contributed by atoms with van der Waals surface area (Å²) < 4.78 is 0. The third kappa shape index (κ3) is 4.98. The fourth-order valence-corrected chi connectivity index (χ4v) is 3.10. The quantitative estimate of drug-likeness (QED) is 0.769. The van der Waals surface area contributed by atoms with E-state index in [0.717, 1.165) is 24.8 Å². The normalized spacial score (nSPS) is 25.1. The molecular formula is C16H30N2. The van der Waals surface area contributed by atoms with Crippen molar-refractivity contribution in [3.05, 3.63) is 0 Å². The van der Waals surface area contributed by atoms with Crippen molar-refractivity contribution in [2.24, 2.45) is 17.3 Å². The van der Waals surface area contributed by atoms with Gasteiger partial charge in [0.25, 0.3) is 0 Å². The number of nitriles is 1. The largest absolute Gasteiger partial charge is 0.313 e. The molecule has 1 N–H and O–H groups in total. The van der Waals surface area contributed by atoms with Crippen molar-refractivity contribution in [1.29, 1.82) is 5.26 Å². The van der Waals surface area contributed by atoms with Crippen molar-refractivity contribution in [1.82, 2.24) is 5.32 Å². The first kappa shape index (κ1) is 15.5. The van der Waals surface area contributed by atoms with Crippen LogP contribution in [0.2, 0.25) is 0 Å². The molecule has 0 heterocycles. The maximum absolute atomic E-state index is 8.69. The third-order valence-corrected chi connectivity index (χ3v) is 4.43. The molecule has 2 unspecified atom stereocenters. The highest BCUT2D eigenvalue weighted by Gasteiger charge is 2.28. The van der Waals surface area contributed by atoms with Gasteiger partial charge in [-0.25, -0.2) is 0 Å². The number of nitrogens with one attached hydrogen (secondary N) is 1. The zero-order valence-electron chi connectivity index (χ0n) is 12.6. The maximum Gasteiger partial charge on any atom is 0.0621 e. The standard InChI is InChI=1S/C16H30N2/c1-13(2)14-8-5-6-9-15(14)18-12-16(3,4)10-7-11-17/h13-15,18H,5-10,12H2,1-4H3. The van der Waals surface area contributed by atoms with E-state index in [0.29, 0.717) is 12.5 Å². The van der Waals surface area contributed by atoms with Gasteiger partial charge in [0.1, 0.15) is 0 Å². The number of nitrogens with zero attached hydrogens (tertiary/aromatic N) is 1. The zero-order valence-corrected chi connectivity index (χ0v) is 12.6. The fourth-order valence-electron chi connectivity index (χ4n) is 3.10. The van der Waals surface area contributed by atoms with Gasteiger partial charge in [0.05, 0.1) is 6.07 Å². The second kappa shape index (κ2) is 7.14. The summed E-state index contributed by atoms with van der Waals surface area (Å²) in [6, 6.07) is 2.96. The molecule has 0 aromatic rings. The molecule has 2 heteroatoms. The molecule has 1 fully saturated rings. The van der Waals surface area contributed by atoms with Crippen LogP contribution in [0.5, 0.6) is 0 Å². The zero-order chi connectivity index (χ0) is 13.6. The smallest absolute Gasteiger partial charge is 0.0621 e. The van der Waals surface area contributed by atoms with Gasteiger partial charge in [0, 0.05) is 19.0 Å². The molecule has 0 radical (unpaired) electrons. The summed E-state index contributed by atoms with van der Waals surface area (Å²) in [5, 5.41) is 12.5. The molecule has 1 rings (SSSR count). The summed E-state index contributed by atoms with van der Waals surface area (Å²) >= 11 is 0. The van der Waals surface area contributed by atoms with Crippen LogP contribution in [-0.2, 0) is 0 Å². The highest BCUT2D eigenvalue weighted by atomic mass is 14.9. The lowest BCUT2D eigenvalue weighted by Crippen LogP contribution is -2.44. The summed E-state index contributed by atoms with van der Waals surface area (Å²) in [4.78, 5) is 0. The Labute approximate surface area is 113 Å². The fraction of sp³-hybridized carbons (Fsp3) is 0.938. The topological polar surface area (TPSA) is 35.8 Å². The van der Waals surface area contributed by atoms with Crippen LogP contribution in [0, 0.1) is 28.6 Å². The third-order valence-electron chi connectivity index (χ3n) is 4.43. The van der Waals surface area contributed by atoms with Crippen LogP contribution in [0.15, 0.2) is 0 Å². The lowest BCUT2D eigenvalue weighted by Gasteiger charge is -2.37. The van der Waals surface area contributed by atoms with Gasteiger partial charge in [0.15, 0.2) is 0 Å². The molecule has 2 atom stereocenters. The maximum atomic E-state index is 8.69. The van der Waals surface area contributed by atoms with E-state index >= 15 is 0 Å². The molecule has 18 heavy (non-hydrogen) atoms. The Morgan fingerprint density at radius 2 is 1.94 bits per heavy atom. The Morgan fingerprint density at radius 3 is 2.56 bits per heavy atom. The molecular weight excluding hydrogens is 220 g/mol. The van der Waals surface area contributed by atoms with E-state index in [4.69, 9.17) is 5.26 Å². The van der Waals surface area contributed by atoms with Gasteiger partial charge >= 0.3 is 0 Å². The molecule has 1 aliphatic carbocycles. The van der Waals surface area contributed by atoms with E-state index in [1.54, 1.807) is 0 Å². The van der Waals surface area contributed by atoms with Crippen molar-refractivity contribution < 1.29 is 0 Å². The number of hydrogen-bond donors (Lipinski definition) is 1. The second-order valence-electron chi connectivity index (χ2n) is 7.00. The first-order valence-electron chi connectivity index (χ1n) is 7.56. The molecule has 1 aliphatic rings. The van der Waals surface area contributed by atoms with Gasteiger partial charge in [0.2, 0.25) is 0 Å². The Bertz CT molecular complexity index is 275. The average Bonchev–Trinajstić information content (AvgIpc) is 2.34. The van der Waals surface area contributed by atoms with Crippen molar-refractivity contribution in [3.8, 4) is 6.07 Å². The van der Waals surface area contributed by atoms with Gasteiger partial charge < -0.3 is 5.32 Å². The van der Waals surface area contributed by atoms with Gasteiger partial charge in [-0.2, -0.15) is 5.26 Å². The van der Waals surface area contributed by atoms with E-state index in [2.05, 4.69) is 39.1 Å². The Kier molecular flexibility index (Phi) is 6.15. The summed E-state index contributed by atoms with van der Waals surface area (Å²) in [6.45, 7) is 10.3. The molecule has 0 bridgehead atoms. The monoisotopic (exact) mass is 250 g/mol. The van der Waals surface area contributed by atoms with Gasteiger partial charge in [-0.3, -0.25) is 0 Å². The first-order valence-corrected chi connectivity index (χ1v) is 7.56. The van der Waals surface area contributed by atoms with Crippen LogP contribution < -0.4 is 5.32 Å². The Morgan fingerprint density at radius 1 is 1.28 bits per heavy atom. The Hall–Kier alpha value is -0.550. The van der Waals surface area contributed by atoms with E-state index in [1.807, 2.05) is 0 Å². The van der Waals surface area contributed by atoms with E-state index in [1.165, 1.54) is 25.7 Å². The molecule has 2 nitrogen and oxygen atoms in total. The second-order valence-corrected chi connectivity index (χ2v) is 7.00. The minimum absolute atomic E-state index is 0.245. The highest BCUT2D eigenvalue weighted by molar-refractivity contribution is 4.86. The van der Waals surface area contributed by atoms with Crippen molar-refractivity contribution in [2.75, 3.05) is 6.54 Å². The van der Waals surface area contributed by atoms with Crippen molar-refractivity contribution >= 4 is 0 Å². The molecule has 0 aliphatic heterocycles. The molecule has 0 spiro atoms. The first-order chi connectivity index (χ1) is 8.46. The highest BCUT2D eigenvalue weighted by Crippen LogP contribution is 2.31. The van der Waals surface area contributed by atoms with Crippen LogP contribution >= 0.6 is 0 Å². The number of rotatable bonds is 6. The van der Waals surface area contributed by atoms with E-state index in [-0.39, 0.29) is 5.41 Å². The number of hydrogen-bond acceptors (Lipinski definition) is 2. The molecule has 0 aromatic heterocycles. The predicted molar refractivity (Wildman–Crippen MR) is 77.2 cm³/mol. The van der Waals surface area contributed by atoms with Gasteiger partial charge in [-0.15, -0.1) is 0 Å². The molecule has 0 saturated heterocycles. The van der Waals surface area contributed by atoms with Crippen LogP contribution in [0.4, 0.5) is 0 Å². The van der Waals surface area contributed by atoms with Gasteiger partial charge in [-0.05, 0) is 36.5 Å². The van der Waals surface area contributed by atoms with E-state index in [9.17, 15) is 0 Å². The summed E-state index contributed by atoms with van der Waals surface area (Å²) in [7, 11) is 0. The minimum atomic E-state index is 0.245. The lowest BCUT2D eigenvalue weighted by molar-refractivity contribution is 0.183.